The Morgan fingerprint density at radius 2 is 1.36 bits per heavy atom. The van der Waals surface area contributed by atoms with E-state index in [-0.39, 0.29) is 62.5 Å². The standard InChI is InChI=1S/C8H8BF4.K/c1-5-3-7(9(11,12)13)4-6(2)8(5)10;/h3-4H,1-2H3;/q-1;+1. The van der Waals surface area contributed by atoms with Crippen LogP contribution in [0.15, 0.2) is 12.1 Å². The van der Waals surface area contributed by atoms with E-state index in [0.29, 0.717) is 0 Å². The second-order valence-corrected chi connectivity index (χ2v) is 3.04. The molecule has 1 rings (SSSR count). The van der Waals surface area contributed by atoms with Gasteiger partial charge in [-0.2, -0.15) is 0 Å². The Morgan fingerprint density at radius 1 is 1.00 bits per heavy atom. The molecule has 0 nitrogen and oxygen atoms in total. The van der Waals surface area contributed by atoms with Crippen LogP contribution < -0.4 is 56.8 Å². The fraction of sp³-hybridized carbons (Fsp3) is 0.250. The molecule has 0 heterocycles. The summed E-state index contributed by atoms with van der Waals surface area (Å²) in [7, 11) is 0. The largest absolute Gasteiger partial charge is 1.00 e. The van der Waals surface area contributed by atoms with Gasteiger partial charge >= 0.3 is 58.4 Å². The zero-order chi connectivity index (χ0) is 10.2. The van der Waals surface area contributed by atoms with E-state index in [0.717, 1.165) is 12.1 Å². The van der Waals surface area contributed by atoms with Crippen LogP contribution in [-0.2, 0) is 0 Å². The molecule has 0 fully saturated rings. The summed E-state index contributed by atoms with van der Waals surface area (Å²) < 4.78 is 49.6. The Morgan fingerprint density at radius 3 is 1.64 bits per heavy atom. The van der Waals surface area contributed by atoms with Gasteiger partial charge in [0.2, 0.25) is 0 Å². The summed E-state index contributed by atoms with van der Waals surface area (Å²) in [4.78, 5) is 0. The monoisotopic (exact) mass is 230 g/mol. The van der Waals surface area contributed by atoms with Gasteiger partial charge in [0.05, 0.1) is 0 Å². The molecule has 0 radical (unpaired) electrons. The summed E-state index contributed by atoms with van der Waals surface area (Å²) in [6.45, 7) is -2.37. The Hall–Kier alpha value is 0.641. The molecular formula is C8H8BF4K. The van der Waals surface area contributed by atoms with Crippen molar-refractivity contribution in [2.45, 2.75) is 13.8 Å². The molecule has 0 amide bonds. The summed E-state index contributed by atoms with van der Waals surface area (Å²) >= 11 is 0. The minimum Gasteiger partial charge on any atom is -0.445 e. The van der Waals surface area contributed by atoms with Crippen molar-refractivity contribution < 1.29 is 68.7 Å². The maximum atomic E-state index is 12.9. The van der Waals surface area contributed by atoms with Crippen LogP contribution in [0.3, 0.4) is 0 Å². The summed E-state index contributed by atoms with van der Waals surface area (Å²) in [5, 5.41) is 0. The molecule has 72 valence electrons. The SMILES string of the molecule is Cc1cc([B-](F)(F)F)cc(C)c1F.[K+]. The molecule has 0 aliphatic rings. The van der Waals surface area contributed by atoms with Crippen molar-refractivity contribution in [1.29, 1.82) is 0 Å². The van der Waals surface area contributed by atoms with Gasteiger partial charge in [-0.05, 0) is 25.0 Å². The smallest absolute Gasteiger partial charge is 0.445 e. The van der Waals surface area contributed by atoms with Crippen LogP contribution in [0.1, 0.15) is 11.1 Å². The van der Waals surface area contributed by atoms with E-state index in [4.69, 9.17) is 0 Å². The third-order valence-corrected chi connectivity index (χ3v) is 1.84. The van der Waals surface area contributed by atoms with Gasteiger partial charge in [0.15, 0.2) is 0 Å². The summed E-state index contributed by atoms with van der Waals surface area (Å²) in [5.41, 5.74) is -0.667. The molecule has 0 spiro atoms. The minimum absolute atomic E-state index is 0. The number of hydrogen-bond acceptors (Lipinski definition) is 0. The zero-order valence-electron chi connectivity index (χ0n) is 8.24. The van der Waals surface area contributed by atoms with Crippen molar-refractivity contribution in [3.8, 4) is 0 Å². The number of aryl methyl sites for hydroxylation is 2. The first-order valence-electron chi connectivity index (χ1n) is 3.79. The molecule has 0 unspecified atom stereocenters. The van der Waals surface area contributed by atoms with Crippen molar-refractivity contribution in [3.05, 3.63) is 29.1 Å². The molecule has 14 heavy (non-hydrogen) atoms. The average molecular weight is 230 g/mol. The van der Waals surface area contributed by atoms with E-state index >= 15 is 0 Å². The van der Waals surface area contributed by atoms with Gasteiger partial charge < -0.3 is 12.9 Å². The molecule has 0 aliphatic heterocycles. The first kappa shape index (κ1) is 14.6. The predicted molar refractivity (Wildman–Crippen MR) is 44.6 cm³/mol. The molecule has 0 saturated carbocycles. The third-order valence-electron chi connectivity index (χ3n) is 1.84. The molecule has 1 aromatic carbocycles. The van der Waals surface area contributed by atoms with Gasteiger partial charge in [-0.25, -0.2) is 4.39 Å². The van der Waals surface area contributed by atoms with E-state index in [9.17, 15) is 17.3 Å². The van der Waals surface area contributed by atoms with Gasteiger partial charge in [-0.3, -0.25) is 0 Å². The van der Waals surface area contributed by atoms with Crippen LogP contribution in [-0.4, -0.2) is 6.98 Å². The number of rotatable bonds is 1. The molecule has 0 atom stereocenters. The van der Waals surface area contributed by atoms with E-state index in [2.05, 4.69) is 0 Å². The summed E-state index contributed by atoms with van der Waals surface area (Å²) in [6.07, 6.45) is 0. The normalized spacial score (nSPS) is 11.0. The van der Waals surface area contributed by atoms with Crippen LogP contribution in [0.4, 0.5) is 17.3 Å². The molecule has 6 heteroatoms. The molecular weight excluding hydrogens is 222 g/mol. The van der Waals surface area contributed by atoms with Gasteiger partial charge in [0.25, 0.3) is 0 Å². The van der Waals surface area contributed by atoms with Gasteiger partial charge in [0, 0.05) is 0 Å². The Kier molecular flexibility index (Phi) is 5.35. The van der Waals surface area contributed by atoms with Gasteiger partial charge in [-0.1, -0.05) is 12.1 Å². The first-order chi connectivity index (χ1) is 5.82. The van der Waals surface area contributed by atoms with Crippen molar-refractivity contribution in [2.24, 2.45) is 0 Å². The number of halogens is 4. The molecule has 0 saturated heterocycles. The molecule has 0 aliphatic carbocycles. The van der Waals surface area contributed by atoms with Crippen molar-refractivity contribution in [1.82, 2.24) is 0 Å². The molecule has 0 bridgehead atoms. The zero-order valence-corrected chi connectivity index (χ0v) is 11.4. The molecule has 1 aromatic rings. The van der Waals surface area contributed by atoms with Crippen LogP contribution in [0, 0.1) is 19.7 Å². The second kappa shape index (κ2) is 5.12. The van der Waals surface area contributed by atoms with Crippen molar-refractivity contribution in [3.63, 3.8) is 0 Å². The van der Waals surface area contributed by atoms with Crippen molar-refractivity contribution >= 4 is 12.4 Å². The van der Waals surface area contributed by atoms with E-state index in [1.54, 1.807) is 0 Å². The maximum Gasteiger partial charge on any atom is 1.00 e. The number of hydrogen-bond donors (Lipinski definition) is 0. The topological polar surface area (TPSA) is 0 Å². The Labute approximate surface area is 123 Å². The second-order valence-electron chi connectivity index (χ2n) is 3.04. The average Bonchev–Trinajstić information content (AvgIpc) is 1.97. The Bertz CT molecular complexity index is 312. The summed E-state index contributed by atoms with van der Waals surface area (Å²) in [6, 6.07) is 1.67. The quantitative estimate of drug-likeness (QED) is 0.450. The molecule has 0 aromatic heterocycles. The maximum absolute atomic E-state index is 12.9. The molecule has 0 N–H and O–H groups in total. The summed E-state index contributed by atoms with van der Waals surface area (Å²) in [5.74, 6) is -0.566. The van der Waals surface area contributed by atoms with Gasteiger partial charge in [-0.15, -0.1) is 5.46 Å². The van der Waals surface area contributed by atoms with Crippen LogP contribution >= 0.6 is 0 Å². The van der Waals surface area contributed by atoms with E-state index in [1.807, 2.05) is 0 Å². The van der Waals surface area contributed by atoms with E-state index in [1.165, 1.54) is 13.8 Å². The Balaban J connectivity index is 0.00000169. The van der Waals surface area contributed by atoms with Gasteiger partial charge in [0.1, 0.15) is 5.82 Å². The van der Waals surface area contributed by atoms with E-state index < -0.39 is 18.3 Å². The van der Waals surface area contributed by atoms with Crippen LogP contribution in [0.25, 0.3) is 0 Å². The fourth-order valence-electron chi connectivity index (χ4n) is 1.17. The van der Waals surface area contributed by atoms with Crippen molar-refractivity contribution in [2.75, 3.05) is 0 Å². The minimum atomic E-state index is -5.02. The van der Waals surface area contributed by atoms with Crippen LogP contribution in [0.2, 0.25) is 0 Å². The fourth-order valence-corrected chi connectivity index (χ4v) is 1.17. The predicted octanol–water partition coefficient (Wildman–Crippen LogP) is -0.499. The van der Waals surface area contributed by atoms with Crippen LogP contribution in [0.5, 0.6) is 0 Å². The number of benzene rings is 1. The first-order valence-corrected chi connectivity index (χ1v) is 3.79. The third kappa shape index (κ3) is 3.34.